The van der Waals surface area contributed by atoms with Gasteiger partial charge in [-0.1, -0.05) is 0 Å². The Labute approximate surface area is 265 Å². The monoisotopic (exact) mass is 666 g/mol. The van der Waals surface area contributed by atoms with E-state index in [2.05, 4.69) is 21.3 Å². The van der Waals surface area contributed by atoms with Gasteiger partial charge in [-0.2, -0.15) is 0 Å². The van der Waals surface area contributed by atoms with Crippen LogP contribution in [0.4, 0.5) is 11.4 Å². The van der Waals surface area contributed by atoms with Gasteiger partial charge in [-0.05, 0) is 36.4 Å². The molecule has 0 aliphatic carbocycles. The van der Waals surface area contributed by atoms with E-state index >= 15 is 0 Å². The summed E-state index contributed by atoms with van der Waals surface area (Å²) < 4.78 is 0. The Hall–Kier alpha value is -3.74. The third kappa shape index (κ3) is 15.6. The normalized spacial score (nSPS) is 11.2. The quantitative estimate of drug-likeness (QED) is 0.0898. The van der Waals surface area contributed by atoms with Gasteiger partial charge in [0.15, 0.2) is 0 Å². The molecule has 2 aromatic carbocycles. The number of nitrogens with two attached hydrogens (primary N) is 2. The van der Waals surface area contributed by atoms with Gasteiger partial charge in [0.2, 0.25) is 0 Å². The first-order chi connectivity index (χ1) is 19.9. The standard InChI is InChI=1S/2C13H19N3O5.2ClH/c2*14-10-4-8(12(20)15-1-2-17)3-9(5-10)13(21)16-6-11(19)7-18;;/h2*3-5,11,17-19H,1-2,6-7,14H2,(H,15,20)(H,16,21);2*1H. The van der Waals surface area contributed by atoms with E-state index in [9.17, 15) is 29.4 Å². The molecule has 248 valence electrons. The largest absolute Gasteiger partial charge is 0.399 e. The molecule has 44 heavy (non-hydrogen) atoms. The maximum absolute atomic E-state index is 11.9. The molecule has 0 aromatic heterocycles. The predicted molar refractivity (Wildman–Crippen MR) is 166 cm³/mol. The minimum atomic E-state index is -1.05. The molecular formula is C26H40Cl2N6O10. The van der Waals surface area contributed by atoms with E-state index < -0.39 is 49.1 Å². The van der Waals surface area contributed by atoms with Gasteiger partial charge in [0.25, 0.3) is 23.6 Å². The first-order valence-electron chi connectivity index (χ1n) is 12.7. The second kappa shape index (κ2) is 22.8. The second-order valence-electron chi connectivity index (χ2n) is 8.74. The molecule has 0 radical (unpaired) electrons. The van der Waals surface area contributed by atoms with Crippen molar-refractivity contribution < 1.29 is 49.8 Å². The minimum absolute atomic E-state index is 0. The zero-order valence-corrected chi connectivity index (χ0v) is 25.2. The molecule has 0 aliphatic rings. The molecule has 2 unspecified atom stereocenters. The maximum atomic E-state index is 11.9. The summed E-state index contributed by atoms with van der Waals surface area (Å²) in [5.41, 5.74) is 12.5. The lowest BCUT2D eigenvalue weighted by atomic mass is 10.1. The van der Waals surface area contributed by atoms with Crippen LogP contribution in [0.15, 0.2) is 36.4 Å². The third-order valence-corrected chi connectivity index (χ3v) is 5.17. The van der Waals surface area contributed by atoms with Gasteiger partial charge in [-0.25, -0.2) is 0 Å². The molecule has 16 nitrogen and oxygen atoms in total. The van der Waals surface area contributed by atoms with Crippen molar-refractivity contribution in [1.82, 2.24) is 21.3 Å². The average Bonchev–Trinajstić information content (AvgIpc) is 2.99. The number of aliphatic hydroxyl groups excluding tert-OH is 6. The first kappa shape index (κ1) is 42.4. The number of nitrogens with one attached hydrogen (secondary N) is 4. The van der Waals surface area contributed by atoms with Crippen molar-refractivity contribution in [3.8, 4) is 0 Å². The molecule has 2 atom stereocenters. The van der Waals surface area contributed by atoms with Crippen molar-refractivity contribution in [3.63, 3.8) is 0 Å². The van der Waals surface area contributed by atoms with E-state index in [1.54, 1.807) is 0 Å². The van der Waals surface area contributed by atoms with E-state index in [0.29, 0.717) is 0 Å². The topological polar surface area (TPSA) is 290 Å². The highest BCUT2D eigenvalue weighted by Crippen LogP contribution is 2.13. The van der Waals surface area contributed by atoms with E-state index in [4.69, 9.17) is 31.9 Å². The number of amides is 4. The Bertz CT molecular complexity index is 1120. The van der Waals surface area contributed by atoms with Crippen molar-refractivity contribution in [2.45, 2.75) is 12.2 Å². The van der Waals surface area contributed by atoms with Gasteiger partial charge < -0.3 is 63.4 Å². The minimum Gasteiger partial charge on any atom is -0.399 e. The summed E-state index contributed by atoms with van der Waals surface area (Å²) in [6.07, 6.45) is -2.11. The van der Waals surface area contributed by atoms with Crippen LogP contribution in [0.3, 0.4) is 0 Å². The van der Waals surface area contributed by atoms with E-state index in [0.717, 1.165) is 0 Å². The molecule has 0 bridgehead atoms. The maximum Gasteiger partial charge on any atom is 0.251 e. The van der Waals surface area contributed by atoms with Crippen LogP contribution in [0.2, 0.25) is 0 Å². The highest BCUT2D eigenvalue weighted by atomic mass is 35.5. The molecule has 14 N–H and O–H groups in total. The van der Waals surface area contributed by atoms with Crippen molar-refractivity contribution in [3.05, 3.63) is 58.7 Å². The molecular weight excluding hydrogens is 627 g/mol. The number of halogens is 2. The Morgan fingerprint density at radius 1 is 0.545 bits per heavy atom. The molecule has 2 rings (SSSR count). The molecule has 4 amide bonds. The van der Waals surface area contributed by atoms with Crippen molar-refractivity contribution in [1.29, 1.82) is 0 Å². The number of benzene rings is 2. The average molecular weight is 668 g/mol. The number of hydrogen-bond donors (Lipinski definition) is 12. The third-order valence-electron chi connectivity index (χ3n) is 5.17. The summed E-state index contributed by atoms with van der Waals surface area (Å²) in [7, 11) is 0. The molecule has 0 spiro atoms. The highest BCUT2D eigenvalue weighted by Gasteiger charge is 2.14. The van der Waals surface area contributed by atoms with Gasteiger partial charge in [-0.3, -0.25) is 19.2 Å². The summed E-state index contributed by atoms with van der Waals surface area (Å²) in [5, 5.41) is 62.7. The summed E-state index contributed by atoms with van der Waals surface area (Å²) in [6.45, 7) is -1.36. The molecule has 0 saturated heterocycles. The van der Waals surface area contributed by atoms with Gasteiger partial charge in [-0.15, -0.1) is 24.8 Å². The van der Waals surface area contributed by atoms with Gasteiger partial charge >= 0.3 is 0 Å². The van der Waals surface area contributed by atoms with Gasteiger partial charge in [0, 0.05) is 59.8 Å². The number of carbonyl (C=O) groups excluding carboxylic acids is 4. The summed E-state index contributed by atoms with van der Waals surface area (Å²) in [6, 6.07) is 8.30. The lowest BCUT2D eigenvalue weighted by Gasteiger charge is -2.11. The van der Waals surface area contributed by atoms with Crippen LogP contribution in [-0.4, -0.2) is 119 Å². The van der Waals surface area contributed by atoms with E-state index in [1.807, 2.05) is 0 Å². The molecule has 0 saturated carbocycles. The Kier molecular flexibility index (Phi) is 21.9. The van der Waals surface area contributed by atoms with Crippen LogP contribution >= 0.6 is 24.8 Å². The number of aliphatic hydroxyl groups is 6. The summed E-state index contributed by atoms with van der Waals surface area (Å²) in [5.74, 6) is -1.96. The highest BCUT2D eigenvalue weighted by molar-refractivity contribution is 6.01. The van der Waals surface area contributed by atoms with E-state index in [-0.39, 0.29) is 97.8 Å². The van der Waals surface area contributed by atoms with Gasteiger partial charge in [0.05, 0.1) is 38.6 Å². The molecule has 2 aromatic rings. The lowest BCUT2D eigenvalue weighted by Crippen LogP contribution is -2.34. The Morgan fingerprint density at radius 3 is 1.07 bits per heavy atom. The summed E-state index contributed by atoms with van der Waals surface area (Å²) >= 11 is 0. The number of rotatable bonds is 14. The van der Waals surface area contributed by atoms with Crippen LogP contribution in [0, 0.1) is 0 Å². The number of hydrogen-bond acceptors (Lipinski definition) is 12. The number of carbonyl (C=O) groups is 4. The number of anilines is 2. The molecule has 18 heteroatoms. The fourth-order valence-electron chi connectivity index (χ4n) is 3.12. The van der Waals surface area contributed by atoms with Crippen LogP contribution in [-0.2, 0) is 0 Å². The smallest absolute Gasteiger partial charge is 0.251 e. The van der Waals surface area contributed by atoms with Crippen LogP contribution < -0.4 is 32.7 Å². The Morgan fingerprint density at radius 2 is 0.818 bits per heavy atom. The molecule has 0 aliphatic heterocycles. The van der Waals surface area contributed by atoms with E-state index in [1.165, 1.54) is 36.4 Å². The predicted octanol–water partition coefficient (Wildman–Crippen LogP) is -3.01. The fraction of sp³-hybridized carbons (Fsp3) is 0.385. The van der Waals surface area contributed by atoms with Crippen LogP contribution in [0.25, 0.3) is 0 Å². The second-order valence-corrected chi connectivity index (χ2v) is 8.74. The van der Waals surface area contributed by atoms with Gasteiger partial charge in [0.1, 0.15) is 0 Å². The first-order valence-corrected chi connectivity index (χ1v) is 12.7. The zero-order chi connectivity index (χ0) is 31.7. The SMILES string of the molecule is Cl.Cl.Nc1cc(C(=O)NCCO)cc(C(=O)NCC(O)CO)c1.Nc1cc(C(=O)NCCO)cc(C(=O)NCC(O)CO)c1. The summed E-state index contributed by atoms with van der Waals surface area (Å²) in [4.78, 5) is 47.3. The zero-order valence-electron chi connectivity index (χ0n) is 23.6. The van der Waals surface area contributed by atoms with Crippen molar-refractivity contribution >= 4 is 59.8 Å². The van der Waals surface area contributed by atoms with Crippen molar-refractivity contribution in [2.24, 2.45) is 0 Å². The number of nitrogen functional groups attached to an aromatic ring is 2. The molecule has 0 heterocycles. The van der Waals surface area contributed by atoms with Crippen LogP contribution in [0.5, 0.6) is 0 Å². The van der Waals surface area contributed by atoms with Crippen molar-refractivity contribution in [2.75, 3.05) is 64.1 Å². The van der Waals surface area contributed by atoms with Crippen LogP contribution in [0.1, 0.15) is 41.4 Å². The lowest BCUT2D eigenvalue weighted by molar-refractivity contribution is 0.0798. The molecule has 0 fully saturated rings. The Balaban J connectivity index is 0. The fourth-order valence-corrected chi connectivity index (χ4v) is 3.12.